The zero-order valence-electron chi connectivity index (χ0n) is 11.4. The molecule has 20 heavy (non-hydrogen) atoms. The van der Waals surface area contributed by atoms with Crippen LogP contribution in [0.25, 0.3) is 0 Å². The van der Waals surface area contributed by atoms with Crippen LogP contribution in [0.3, 0.4) is 0 Å². The highest BCUT2D eigenvalue weighted by atomic mass is 32.2. The maximum absolute atomic E-state index is 12.4. The third kappa shape index (κ3) is 3.37. The molecule has 1 aromatic rings. The molecule has 0 radical (unpaired) electrons. The normalized spacial score (nSPS) is 20.5. The average molecular weight is 294 g/mol. The number of hydrogen-bond donors (Lipinski definition) is 0. The van der Waals surface area contributed by atoms with E-state index in [4.69, 9.17) is 10.00 Å². The van der Waals surface area contributed by atoms with Crippen LogP contribution in [0.5, 0.6) is 0 Å². The predicted molar refractivity (Wildman–Crippen MR) is 75.4 cm³/mol. The molecule has 0 saturated carbocycles. The number of sulfonamides is 1. The van der Waals surface area contributed by atoms with Crippen LogP contribution in [0.4, 0.5) is 0 Å². The van der Waals surface area contributed by atoms with E-state index in [1.807, 2.05) is 13.0 Å². The predicted octanol–water partition coefficient (Wildman–Crippen LogP) is 1.50. The Morgan fingerprint density at radius 3 is 2.90 bits per heavy atom. The second-order valence-electron chi connectivity index (χ2n) is 4.78. The van der Waals surface area contributed by atoms with Crippen LogP contribution in [0.1, 0.15) is 24.5 Å². The number of nitriles is 1. The Morgan fingerprint density at radius 2 is 2.20 bits per heavy atom. The number of morpholine rings is 1. The summed E-state index contributed by atoms with van der Waals surface area (Å²) in [6.45, 7) is 3.19. The molecule has 0 N–H and O–H groups in total. The number of rotatable bonds is 4. The molecule has 108 valence electrons. The lowest BCUT2D eigenvalue weighted by molar-refractivity contribution is -0.00282. The van der Waals surface area contributed by atoms with Crippen molar-refractivity contribution in [1.29, 1.82) is 5.26 Å². The van der Waals surface area contributed by atoms with E-state index < -0.39 is 10.0 Å². The van der Waals surface area contributed by atoms with Gasteiger partial charge in [-0.25, -0.2) is 8.42 Å². The minimum Gasteiger partial charge on any atom is -0.375 e. The minimum atomic E-state index is -3.41. The first-order chi connectivity index (χ1) is 9.56. The van der Waals surface area contributed by atoms with Crippen molar-refractivity contribution in [3.05, 3.63) is 35.4 Å². The highest BCUT2D eigenvalue weighted by molar-refractivity contribution is 7.88. The van der Waals surface area contributed by atoms with Crippen LogP contribution in [-0.4, -0.2) is 38.5 Å². The third-order valence-corrected chi connectivity index (χ3v) is 5.22. The van der Waals surface area contributed by atoms with Gasteiger partial charge in [0, 0.05) is 13.1 Å². The highest BCUT2D eigenvalue weighted by Crippen LogP contribution is 2.18. The lowest BCUT2D eigenvalue weighted by Gasteiger charge is -2.31. The first kappa shape index (κ1) is 15.0. The van der Waals surface area contributed by atoms with Gasteiger partial charge in [0.15, 0.2) is 0 Å². The SMILES string of the molecule is CCC1CN(S(=O)(=O)Cc2ccccc2C#N)CCO1. The summed E-state index contributed by atoms with van der Waals surface area (Å²) in [6, 6.07) is 8.84. The third-order valence-electron chi connectivity index (χ3n) is 3.43. The van der Waals surface area contributed by atoms with E-state index in [0.717, 1.165) is 6.42 Å². The molecule has 1 heterocycles. The van der Waals surface area contributed by atoms with E-state index in [9.17, 15) is 8.42 Å². The molecule has 0 spiro atoms. The van der Waals surface area contributed by atoms with E-state index in [1.165, 1.54) is 4.31 Å². The summed E-state index contributed by atoms with van der Waals surface area (Å²) in [5, 5.41) is 9.03. The molecule has 1 aromatic carbocycles. The standard InChI is InChI=1S/C14H18N2O3S/c1-2-14-10-16(7-8-19-14)20(17,18)11-13-6-4-3-5-12(13)9-15/h3-6,14H,2,7-8,10-11H2,1H3. The van der Waals surface area contributed by atoms with Gasteiger partial charge in [-0.1, -0.05) is 25.1 Å². The molecular formula is C14H18N2O3S. The summed E-state index contributed by atoms with van der Waals surface area (Å²) >= 11 is 0. The number of benzene rings is 1. The van der Waals surface area contributed by atoms with Crippen LogP contribution in [0.15, 0.2) is 24.3 Å². The van der Waals surface area contributed by atoms with Gasteiger partial charge in [0.25, 0.3) is 0 Å². The Balaban J connectivity index is 2.17. The summed E-state index contributed by atoms with van der Waals surface area (Å²) in [4.78, 5) is 0. The Bertz CT molecular complexity index is 607. The monoisotopic (exact) mass is 294 g/mol. The molecule has 1 saturated heterocycles. The maximum Gasteiger partial charge on any atom is 0.218 e. The Hall–Kier alpha value is -1.42. The van der Waals surface area contributed by atoms with Gasteiger partial charge in [-0.05, 0) is 18.1 Å². The number of ether oxygens (including phenoxy) is 1. The Kier molecular flexibility index (Phi) is 4.76. The van der Waals surface area contributed by atoms with Crippen molar-refractivity contribution < 1.29 is 13.2 Å². The first-order valence-corrected chi connectivity index (χ1v) is 8.25. The molecule has 0 aliphatic carbocycles. The van der Waals surface area contributed by atoms with Gasteiger partial charge < -0.3 is 4.74 Å². The molecule has 0 aromatic heterocycles. The average Bonchev–Trinajstić information content (AvgIpc) is 2.47. The first-order valence-electron chi connectivity index (χ1n) is 6.64. The zero-order valence-corrected chi connectivity index (χ0v) is 12.3. The van der Waals surface area contributed by atoms with Gasteiger partial charge in [0.1, 0.15) is 0 Å². The van der Waals surface area contributed by atoms with E-state index in [1.54, 1.807) is 24.3 Å². The van der Waals surface area contributed by atoms with Crippen molar-refractivity contribution in [2.45, 2.75) is 25.2 Å². The molecule has 1 unspecified atom stereocenters. The van der Waals surface area contributed by atoms with Crippen molar-refractivity contribution in [2.24, 2.45) is 0 Å². The molecular weight excluding hydrogens is 276 g/mol. The van der Waals surface area contributed by atoms with Gasteiger partial charge in [0.2, 0.25) is 10.0 Å². The largest absolute Gasteiger partial charge is 0.375 e. The second-order valence-corrected chi connectivity index (χ2v) is 6.75. The van der Waals surface area contributed by atoms with Gasteiger partial charge >= 0.3 is 0 Å². The molecule has 5 nitrogen and oxygen atoms in total. The van der Waals surface area contributed by atoms with Gasteiger partial charge in [-0.3, -0.25) is 0 Å². The molecule has 1 aliphatic heterocycles. The van der Waals surface area contributed by atoms with Crippen LogP contribution in [0.2, 0.25) is 0 Å². The van der Waals surface area contributed by atoms with Crippen molar-refractivity contribution in [3.63, 3.8) is 0 Å². The fourth-order valence-electron chi connectivity index (χ4n) is 2.23. The van der Waals surface area contributed by atoms with Gasteiger partial charge in [0.05, 0.1) is 30.1 Å². The number of hydrogen-bond acceptors (Lipinski definition) is 4. The van der Waals surface area contributed by atoms with E-state index in [2.05, 4.69) is 0 Å². The Morgan fingerprint density at radius 1 is 1.45 bits per heavy atom. The van der Waals surface area contributed by atoms with Gasteiger partial charge in [-0.15, -0.1) is 0 Å². The molecule has 6 heteroatoms. The van der Waals surface area contributed by atoms with E-state index in [0.29, 0.717) is 30.8 Å². The lowest BCUT2D eigenvalue weighted by Crippen LogP contribution is -2.45. The van der Waals surface area contributed by atoms with Crippen molar-refractivity contribution in [1.82, 2.24) is 4.31 Å². The topological polar surface area (TPSA) is 70.4 Å². The number of nitrogens with zero attached hydrogens (tertiary/aromatic N) is 2. The van der Waals surface area contributed by atoms with Crippen molar-refractivity contribution in [3.8, 4) is 6.07 Å². The van der Waals surface area contributed by atoms with Crippen LogP contribution in [-0.2, 0) is 20.5 Å². The van der Waals surface area contributed by atoms with Crippen LogP contribution < -0.4 is 0 Å². The smallest absolute Gasteiger partial charge is 0.218 e. The molecule has 1 aliphatic rings. The fraction of sp³-hybridized carbons (Fsp3) is 0.500. The summed E-state index contributed by atoms with van der Waals surface area (Å²) in [5.74, 6) is -0.132. The minimum absolute atomic E-state index is 0.0373. The quantitative estimate of drug-likeness (QED) is 0.843. The van der Waals surface area contributed by atoms with Gasteiger partial charge in [-0.2, -0.15) is 9.57 Å². The fourth-order valence-corrected chi connectivity index (χ4v) is 3.81. The van der Waals surface area contributed by atoms with Crippen LogP contribution in [0, 0.1) is 11.3 Å². The highest BCUT2D eigenvalue weighted by Gasteiger charge is 2.29. The molecule has 1 atom stereocenters. The van der Waals surface area contributed by atoms with E-state index >= 15 is 0 Å². The lowest BCUT2D eigenvalue weighted by atomic mass is 10.1. The van der Waals surface area contributed by atoms with Crippen molar-refractivity contribution in [2.75, 3.05) is 19.7 Å². The van der Waals surface area contributed by atoms with Crippen LogP contribution >= 0.6 is 0 Å². The maximum atomic E-state index is 12.4. The molecule has 1 fully saturated rings. The summed E-state index contributed by atoms with van der Waals surface area (Å²) in [7, 11) is -3.41. The molecule has 2 rings (SSSR count). The van der Waals surface area contributed by atoms with Crippen molar-refractivity contribution >= 4 is 10.0 Å². The summed E-state index contributed by atoms with van der Waals surface area (Å²) < 4.78 is 31.9. The molecule has 0 amide bonds. The zero-order chi connectivity index (χ0) is 14.6. The summed E-state index contributed by atoms with van der Waals surface area (Å²) in [6.07, 6.45) is 0.755. The molecule has 0 bridgehead atoms. The summed E-state index contributed by atoms with van der Waals surface area (Å²) in [5.41, 5.74) is 0.964. The Labute approximate surface area is 119 Å². The second kappa shape index (κ2) is 6.35. The van der Waals surface area contributed by atoms with E-state index in [-0.39, 0.29) is 11.9 Å².